The second-order valence-corrected chi connectivity index (χ2v) is 6.83. The summed E-state index contributed by atoms with van der Waals surface area (Å²) in [4.78, 5) is 0. The van der Waals surface area contributed by atoms with Crippen molar-refractivity contribution in [1.82, 2.24) is 0 Å². The predicted octanol–water partition coefficient (Wildman–Crippen LogP) is 1.18. The molecule has 4 rings (SSSR count). The number of rotatable bonds is 1. The Hall–Kier alpha value is -1.14. The summed E-state index contributed by atoms with van der Waals surface area (Å²) in [6.45, 7) is 11.0. The summed E-state index contributed by atoms with van der Waals surface area (Å²) in [7, 11) is 0. The molecule has 0 aliphatic heterocycles. The van der Waals surface area contributed by atoms with Crippen LogP contribution < -0.4 is 24.8 Å². The first-order chi connectivity index (χ1) is 12.0. The molecule has 0 spiro atoms. The minimum Gasteiger partial charge on any atom is -1.00 e. The van der Waals surface area contributed by atoms with Crippen molar-refractivity contribution in [1.29, 1.82) is 0 Å². The van der Waals surface area contributed by atoms with Crippen molar-refractivity contribution in [3.63, 3.8) is 0 Å². The third-order valence-corrected chi connectivity index (χ3v) is 5.58. The predicted molar refractivity (Wildman–Crippen MR) is 111 cm³/mol. The van der Waals surface area contributed by atoms with Crippen LogP contribution in [0.2, 0.25) is 0 Å². The summed E-state index contributed by atoms with van der Waals surface area (Å²) in [5.74, 6) is 0. The average molecular weight is 489 g/mol. The third-order valence-electron chi connectivity index (χ3n) is 5.58. The van der Waals surface area contributed by atoms with E-state index < -0.39 is 0 Å². The van der Waals surface area contributed by atoms with Crippen LogP contribution in [0.3, 0.4) is 0 Å². The van der Waals surface area contributed by atoms with Gasteiger partial charge in [0.15, 0.2) is 0 Å². The summed E-state index contributed by atoms with van der Waals surface area (Å²) in [5, 5.41) is 2.65. The van der Waals surface area contributed by atoms with Gasteiger partial charge in [-0.3, -0.25) is 0 Å². The fourth-order valence-electron chi connectivity index (χ4n) is 3.44. The molecule has 0 saturated carbocycles. The molecular weight excluding hydrogens is 462 g/mol. The molecule has 0 radical (unpaired) electrons. The van der Waals surface area contributed by atoms with Crippen LogP contribution in [0.5, 0.6) is 0 Å². The monoisotopic (exact) mass is 486 g/mol. The van der Waals surface area contributed by atoms with Crippen molar-refractivity contribution in [2.75, 3.05) is 0 Å². The molecule has 0 N–H and O–H groups in total. The van der Waals surface area contributed by atoms with Gasteiger partial charge in [0, 0.05) is 0 Å². The van der Waals surface area contributed by atoms with Gasteiger partial charge in [-0.25, -0.2) is 0 Å². The van der Waals surface area contributed by atoms with Crippen LogP contribution in [0.4, 0.5) is 0 Å². The van der Waals surface area contributed by atoms with Crippen molar-refractivity contribution in [3.05, 3.63) is 94.5 Å². The summed E-state index contributed by atoms with van der Waals surface area (Å²) in [5.41, 5.74) is 9.94. The van der Waals surface area contributed by atoms with Crippen molar-refractivity contribution in [2.24, 2.45) is 0 Å². The van der Waals surface area contributed by atoms with Crippen molar-refractivity contribution >= 4 is 10.8 Å². The minimum absolute atomic E-state index is 0. The molecule has 0 aliphatic rings. The summed E-state index contributed by atoms with van der Waals surface area (Å²) in [6, 6.07) is 23.4. The summed E-state index contributed by atoms with van der Waals surface area (Å²) >= 11 is 0. The molecule has 0 aliphatic carbocycles. The first-order valence-corrected chi connectivity index (χ1v) is 8.90. The SMILES string of the molecule is Cc1c(C)c(C)[c-](C)c1C.[Cl-].[Cl-].[Zr+4].c1ccc(-c2cccc3[cH-]ccc23)cc1. The van der Waals surface area contributed by atoms with Crippen LogP contribution in [-0.4, -0.2) is 0 Å². The zero-order valence-corrected chi connectivity index (χ0v) is 21.1. The van der Waals surface area contributed by atoms with E-state index in [4.69, 9.17) is 0 Å². The Bertz CT molecular complexity index is 914. The quantitative estimate of drug-likeness (QED) is 0.353. The fourth-order valence-corrected chi connectivity index (χ4v) is 3.44. The van der Waals surface area contributed by atoms with Gasteiger partial charge in [-0.2, -0.15) is 39.9 Å². The molecule has 0 nitrogen and oxygen atoms in total. The van der Waals surface area contributed by atoms with Crippen molar-refractivity contribution < 1.29 is 51.0 Å². The van der Waals surface area contributed by atoms with Crippen LogP contribution >= 0.6 is 0 Å². The van der Waals surface area contributed by atoms with E-state index in [2.05, 4.69) is 101 Å². The second-order valence-electron chi connectivity index (χ2n) is 6.83. The Morgan fingerprint density at radius 3 is 1.79 bits per heavy atom. The Morgan fingerprint density at radius 1 is 0.714 bits per heavy atom. The number of halogens is 2. The van der Waals surface area contributed by atoms with Crippen molar-refractivity contribution in [2.45, 2.75) is 34.6 Å². The van der Waals surface area contributed by atoms with E-state index in [0.717, 1.165) is 0 Å². The van der Waals surface area contributed by atoms with Gasteiger partial charge in [-0.1, -0.05) is 76.6 Å². The van der Waals surface area contributed by atoms with Gasteiger partial charge in [0.1, 0.15) is 0 Å². The standard InChI is InChI=1S/C15H11.C10H15.2ClH.Zr/c1-2-6-12(7-3-1)14-10-4-8-13-9-5-11-15(13)14;1-6-7(2)9(4)10(5)8(6)3;;;/h1-11H;1-5H3;2*1H;/q2*-1;;;+4/p-2. The molecule has 0 saturated heterocycles. The summed E-state index contributed by atoms with van der Waals surface area (Å²) < 4.78 is 0. The van der Waals surface area contributed by atoms with Crippen LogP contribution in [0, 0.1) is 34.6 Å². The van der Waals surface area contributed by atoms with E-state index in [1.54, 1.807) is 0 Å². The maximum atomic E-state index is 2.20. The van der Waals surface area contributed by atoms with Crippen LogP contribution in [0.15, 0.2) is 66.7 Å². The Balaban J connectivity index is 0.000000503. The second kappa shape index (κ2) is 11.8. The Morgan fingerprint density at radius 2 is 1.29 bits per heavy atom. The van der Waals surface area contributed by atoms with E-state index in [1.807, 2.05) is 0 Å². The van der Waals surface area contributed by atoms with E-state index in [9.17, 15) is 0 Å². The molecular formula is C25H26Cl2Zr. The van der Waals surface area contributed by atoms with Crippen LogP contribution in [0.25, 0.3) is 21.9 Å². The topological polar surface area (TPSA) is 0 Å². The van der Waals surface area contributed by atoms with Gasteiger partial charge in [-0.05, 0) is 5.56 Å². The largest absolute Gasteiger partial charge is 4.00 e. The maximum absolute atomic E-state index is 2.20. The van der Waals surface area contributed by atoms with Crippen LogP contribution in [0.1, 0.15) is 27.8 Å². The number of fused-ring (bicyclic) bond motifs is 1. The maximum Gasteiger partial charge on any atom is 4.00 e. The zero-order chi connectivity index (χ0) is 18.0. The molecule has 0 fully saturated rings. The molecule has 0 amide bonds. The van der Waals surface area contributed by atoms with Gasteiger partial charge in [0.05, 0.1) is 0 Å². The molecule has 4 aromatic rings. The Kier molecular flexibility index (Phi) is 11.3. The zero-order valence-electron chi connectivity index (χ0n) is 17.1. The average Bonchev–Trinajstić information content (AvgIpc) is 3.20. The fraction of sp³-hybridized carbons (Fsp3) is 0.200. The first kappa shape index (κ1) is 26.9. The normalized spacial score (nSPS) is 9.46. The van der Waals surface area contributed by atoms with E-state index >= 15 is 0 Å². The molecule has 0 heterocycles. The van der Waals surface area contributed by atoms with Crippen molar-refractivity contribution in [3.8, 4) is 11.1 Å². The molecule has 3 heteroatoms. The molecule has 0 bridgehead atoms. The first-order valence-electron chi connectivity index (χ1n) is 8.90. The smallest absolute Gasteiger partial charge is 1.00 e. The minimum atomic E-state index is 0. The molecule has 144 valence electrons. The van der Waals surface area contributed by atoms with Gasteiger partial charge in [0.25, 0.3) is 0 Å². The van der Waals surface area contributed by atoms with Gasteiger partial charge in [0.2, 0.25) is 0 Å². The molecule has 0 aromatic heterocycles. The van der Waals surface area contributed by atoms with E-state index in [0.29, 0.717) is 0 Å². The molecule has 0 unspecified atom stereocenters. The molecule has 0 atom stereocenters. The Labute approximate surface area is 201 Å². The van der Waals surface area contributed by atoms with Gasteiger partial charge in [-0.15, -0.1) is 29.0 Å². The third kappa shape index (κ3) is 5.47. The van der Waals surface area contributed by atoms with E-state index in [-0.39, 0.29) is 51.0 Å². The molecule has 4 aromatic carbocycles. The number of hydrogen-bond donors (Lipinski definition) is 0. The van der Waals surface area contributed by atoms with Crippen LogP contribution in [-0.2, 0) is 26.2 Å². The van der Waals surface area contributed by atoms with E-state index in [1.165, 1.54) is 49.7 Å². The van der Waals surface area contributed by atoms with Gasteiger partial charge >= 0.3 is 26.2 Å². The summed E-state index contributed by atoms with van der Waals surface area (Å²) in [6.07, 6.45) is 0. The number of benzene rings is 2. The molecule has 28 heavy (non-hydrogen) atoms. The van der Waals surface area contributed by atoms with Gasteiger partial charge < -0.3 is 24.8 Å². The number of hydrogen-bond acceptors (Lipinski definition) is 0.